The number of fused-ring (bicyclic) bond motifs is 2. The topological polar surface area (TPSA) is 109 Å². The molecule has 2 aromatic rings. The first-order valence-electron chi connectivity index (χ1n) is 11.9. The van der Waals surface area contributed by atoms with Crippen LogP contribution in [0.25, 0.3) is 0 Å². The molecule has 0 aliphatic carbocycles. The Kier molecular flexibility index (Phi) is 7.55. The fourth-order valence-electron chi connectivity index (χ4n) is 4.51. The van der Waals surface area contributed by atoms with Gasteiger partial charge in [-0.2, -0.15) is 0 Å². The van der Waals surface area contributed by atoms with E-state index in [1.165, 1.54) is 0 Å². The molecule has 1 fully saturated rings. The van der Waals surface area contributed by atoms with Gasteiger partial charge in [0.25, 0.3) is 5.91 Å². The Morgan fingerprint density at radius 1 is 1.06 bits per heavy atom. The van der Waals surface area contributed by atoms with Gasteiger partial charge in [-0.1, -0.05) is 17.7 Å². The van der Waals surface area contributed by atoms with Crippen molar-refractivity contribution in [2.24, 2.45) is 0 Å². The lowest BCUT2D eigenvalue weighted by Crippen LogP contribution is -2.54. The van der Waals surface area contributed by atoms with Crippen LogP contribution in [0.5, 0.6) is 5.75 Å². The Balaban J connectivity index is 1.44. The van der Waals surface area contributed by atoms with Crippen LogP contribution in [0, 0.1) is 6.92 Å². The van der Waals surface area contributed by atoms with E-state index in [4.69, 9.17) is 9.47 Å². The van der Waals surface area contributed by atoms with Gasteiger partial charge >= 0.3 is 6.03 Å². The van der Waals surface area contributed by atoms with Crippen LogP contribution in [0.2, 0.25) is 0 Å². The third-order valence-electron chi connectivity index (χ3n) is 6.37. The minimum Gasteiger partial charge on any atom is -0.490 e. The summed E-state index contributed by atoms with van der Waals surface area (Å²) in [7, 11) is 1.76. The summed E-state index contributed by atoms with van der Waals surface area (Å²) in [6, 6.07) is 11.9. The minimum atomic E-state index is -0.403. The van der Waals surface area contributed by atoms with Crippen molar-refractivity contribution in [2.45, 2.75) is 51.4 Å². The largest absolute Gasteiger partial charge is 0.490 e. The highest BCUT2D eigenvalue weighted by molar-refractivity contribution is 6.02. The number of ether oxygens (including phenoxy) is 2. The van der Waals surface area contributed by atoms with Crippen molar-refractivity contribution in [2.75, 3.05) is 30.8 Å². The Morgan fingerprint density at radius 3 is 2.51 bits per heavy atom. The Morgan fingerprint density at radius 2 is 1.77 bits per heavy atom. The minimum absolute atomic E-state index is 0.0380. The summed E-state index contributed by atoms with van der Waals surface area (Å²) >= 11 is 0. The molecule has 2 heterocycles. The highest BCUT2D eigenvalue weighted by Gasteiger charge is 2.39. The van der Waals surface area contributed by atoms with Crippen LogP contribution in [-0.4, -0.2) is 61.2 Å². The molecule has 3 N–H and O–H groups in total. The summed E-state index contributed by atoms with van der Waals surface area (Å²) in [6.07, 6.45) is 1.16. The number of benzene rings is 2. The molecule has 4 rings (SSSR count). The molecule has 1 saturated heterocycles. The Hall–Kier alpha value is -3.59. The first kappa shape index (κ1) is 24.5. The molecule has 4 amide bonds. The smallest absolute Gasteiger partial charge is 0.323 e. The molecule has 0 aromatic heterocycles. The van der Waals surface area contributed by atoms with Gasteiger partial charge in [0.05, 0.1) is 24.1 Å². The van der Waals surface area contributed by atoms with Gasteiger partial charge in [-0.3, -0.25) is 9.59 Å². The molecule has 35 heavy (non-hydrogen) atoms. The molecule has 3 atom stereocenters. The number of likely N-dealkylation sites (N-methyl/N-ethyl adjacent to an activating group) is 1. The molecule has 9 heteroatoms. The van der Waals surface area contributed by atoms with Crippen LogP contribution in [0.1, 0.15) is 42.1 Å². The van der Waals surface area contributed by atoms with Gasteiger partial charge in [-0.25, -0.2) is 4.79 Å². The van der Waals surface area contributed by atoms with Gasteiger partial charge < -0.3 is 30.3 Å². The molecule has 0 spiro atoms. The molecule has 9 nitrogen and oxygen atoms in total. The van der Waals surface area contributed by atoms with Gasteiger partial charge in [0.2, 0.25) is 5.91 Å². The molecule has 2 aliphatic rings. The highest BCUT2D eigenvalue weighted by atomic mass is 16.5. The van der Waals surface area contributed by atoms with Crippen molar-refractivity contribution in [3.63, 3.8) is 0 Å². The number of nitrogens with one attached hydrogen (secondary N) is 3. The highest BCUT2D eigenvalue weighted by Crippen LogP contribution is 2.32. The molecule has 2 aromatic carbocycles. The Labute approximate surface area is 205 Å². The van der Waals surface area contributed by atoms with E-state index in [9.17, 15) is 14.4 Å². The number of carbonyl (C=O) groups is 3. The summed E-state index contributed by atoms with van der Waals surface area (Å²) in [5, 5.41) is 8.36. The number of nitrogens with zero attached hydrogens (tertiary/aromatic N) is 1. The standard InChI is InChI=1S/C26H32N4O5/c1-4-27-24(31)14-19-10-11-21-23(35-19)15-34-22-12-9-18(13-20(22)25(32)30(21)3)29-26(33)28-17-7-5-16(2)6-8-17/h5-9,12-13,19,21,23H,4,10-11,14-15H2,1-3H3,(H,27,31)(H2,28,29,33)/t19-,21+,23+/m0/s1. The van der Waals surface area contributed by atoms with Crippen LogP contribution in [0.4, 0.5) is 16.2 Å². The van der Waals surface area contributed by atoms with E-state index >= 15 is 0 Å². The van der Waals surface area contributed by atoms with Crippen LogP contribution in [0.15, 0.2) is 42.5 Å². The zero-order valence-electron chi connectivity index (χ0n) is 20.3. The van der Waals surface area contributed by atoms with E-state index in [1.54, 1.807) is 30.1 Å². The lowest BCUT2D eigenvalue weighted by atomic mass is 9.94. The number of hydrogen-bond acceptors (Lipinski definition) is 5. The monoisotopic (exact) mass is 480 g/mol. The van der Waals surface area contributed by atoms with Crippen LogP contribution >= 0.6 is 0 Å². The van der Waals surface area contributed by atoms with Gasteiger partial charge in [0.15, 0.2) is 0 Å². The predicted molar refractivity (Wildman–Crippen MR) is 133 cm³/mol. The van der Waals surface area contributed by atoms with E-state index in [0.717, 1.165) is 5.56 Å². The van der Waals surface area contributed by atoms with Gasteiger partial charge in [-0.05, 0) is 57.0 Å². The van der Waals surface area contributed by atoms with Crippen molar-refractivity contribution >= 4 is 29.2 Å². The number of rotatable bonds is 5. The molecule has 0 radical (unpaired) electrons. The number of carbonyl (C=O) groups excluding carboxylic acids is 3. The maximum atomic E-state index is 13.3. The first-order valence-corrected chi connectivity index (χ1v) is 11.9. The van der Waals surface area contributed by atoms with E-state index in [2.05, 4.69) is 16.0 Å². The number of amides is 4. The fraction of sp³-hybridized carbons (Fsp3) is 0.423. The SMILES string of the molecule is CCNC(=O)C[C@@H]1CC[C@@H]2[C@@H](COc3ccc(NC(=O)Nc4ccc(C)cc4)cc3C(=O)N2C)O1. The molecule has 0 saturated carbocycles. The summed E-state index contributed by atoms with van der Waals surface area (Å²) in [6.45, 7) is 4.71. The molecular weight excluding hydrogens is 448 g/mol. The van der Waals surface area contributed by atoms with Crippen LogP contribution in [-0.2, 0) is 9.53 Å². The van der Waals surface area contributed by atoms with E-state index in [1.807, 2.05) is 38.1 Å². The maximum Gasteiger partial charge on any atom is 0.323 e. The maximum absolute atomic E-state index is 13.3. The van der Waals surface area contributed by atoms with E-state index < -0.39 is 6.03 Å². The van der Waals surface area contributed by atoms with Crippen molar-refractivity contribution in [1.82, 2.24) is 10.2 Å². The van der Waals surface area contributed by atoms with Crippen LogP contribution < -0.4 is 20.7 Å². The summed E-state index contributed by atoms with van der Waals surface area (Å²) in [4.78, 5) is 39.5. The quantitative estimate of drug-likeness (QED) is 0.607. The fourth-order valence-corrected chi connectivity index (χ4v) is 4.51. The number of aryl methyl sites for hydroxylation is 1. The number of hydrogen-bond donors (Lipinski definition) is 3. The number of urea groups is 1. The summed E-state index contributed by atoms with van der Waals surface area (Å²) in [5.41, 5.74) is 2.64. The van der Waals surface area contributed by atoms with Gasteiger partial charge in [0.1, 0.15) is 18.5 Å². The zero-order chi connectivity index (χ0) is 24.9. The second-order valence-electron chi connectivity index (χ2n) is 8.98. The first-order chi connectivity index (χ1) is 16.8. The second-order valence-corrected chi connectivity index (χ2v) is 8.98. The molecule has 2 aliphatic heterocycles. The van der Waals surface area contributed by atoms with Crippen molar-refractivity contribution in [3.05, 3.63) is 53.6 Å². The second kappa shape index (κ2) is 10.8. The zero-order valence-corrected chi connectivity index (χ0v) is 20.3. The van der Waals surface area contributed by atoms with Gasteiger partial charge in [-0.15, -0.1) is 0 Å². The van der Waals surface area contributed by atoms with Crippen molar-refractivity contribution in [3.8, 4) is 5.75 Å². The predicted octanol–water partition coefficient (Wildman–Crippen LogP) is 3.55. The third kappa shape index (κ3) is 5.92. The van der Waals surface area contributed by atoms with E-state index in [-0.39, 0.29) is 36.7 Å². The average Bonchev–Trinajstić information content (AvgIpc) is 2.83. The van der Waals surface area contributed by atoms with Gasteiger partial charge in [0, 0.05) is 25.0 Å². The Bertz CT molecular complexity index is 1090. The number of anilines is 2. The average molecular weight is 481 g/mol. The summed E-state index contributed by atoms with van der Waals surface area (Å²) < 4.78 is 12.2. The van der Waals surface area contributed by atoms with Crippen molar-refractivity contribution in [1.29, 1.82) is 0 Å². The molecule has 186 valence electrons. The van der Waals surface area contributed by atoms with Crippen LogP contribution in [0.3, 0.4) is 0 Å². The molecular formula is C26H32N4O5. The normalized spacial score (nSPS) is 21.5. The summed E-state index contributed by atoms with van der Waals surface area (Å²) in [5.74, 6) is 0.186. The third-order valence-corrected chi connectivity index (χ3v) is 6.37. The van der Waals surface area contributed by atoms with E-state index in [0.29, 0.717) is 48.5 Å². The molecule has 0 bridgehead atoms. The van der Waals surface area contributed by atoms with Crippen molar-refractivity contribution < 1.29 is 23.9 Å². The lowest BCUT2D eigenvalue weighted by Gasteiger charge is -2.42. The molecule has 0 unspecified atom stereocenters. The lowest BCUT2D eigenvalue weighted by molar-refractivity contribution is -0.133.